The van der Waals surface area contributed by atoms with Crippen LogP contribution in [0.25, 0.3) is 0 Å². The zero-order chi connectivity index (χ0) is 9.47. The Hall–Kier alpha value is -0.500. The highest BCUT2D eigenvalue weighted by Crippen LogP contribution is 2.62. The Bertz CT molecular complexity index is 232. The average Bonchev–Trinajstić information content (AvgIpc) is 2.69. The molecule has 2 heteroatoms. The van der Waals surface area contributed by atoms with E-state index in [1.54, 1.807) is 0 Å². The van der Waals surface area contributed by atoms with Crippen LogP contribution >= 0.6 is 0 Å². The summed E-state index contributed by atoms with van der Waals surface area (Å²) in [6.07, 6.45) is 4.37. The highest BCUT2D eigenvalue weighted by molar-refractivity contribution is 5.23. The average molecular weight is 181 g/mol. The maximum absolute atomic E-state index is 5.74. The number of allylic oxidation sites excluding steroid dienone is 1. The van der Waals surface area contributed by atoms with Gasteiger partial charge in [-0.1, -0.05) is 13.8 Å². The molecular formula is C11H19NO. The standard InChI is InChI=1S/C11H19NO/c1-11(2)9(6-12)10(11)8-4-3-5-13-7-8/h7,9-10H,3-6,12H2,1-2H3/t9-,10-/m1/s1. The Labute approximate surface area is 80.1 Å². The molecule has 0 aromatic heterocycles. The molecule has 0 amide bonds. The van der Waals surface area contributed by atoms with Gasteiger partial charge in [-0.25, -0.2) is 0 Å². The fourth-order valence-corrected chi connectivity index (χ4v) is 2.73. The summed E-state index contributed by atoms with van der Waals surface area (Å²) < 4.78 is 5.37. The Morgan fingerprint density at radius 3 is 2.85 bits per heavy atom. The normalized spacial score (nSPS) is 36.4. The van der Waals surface area contributed by atoms with Gasteiger partial charge in [0.15, 0.2) is 0 Å². The molecule has 1 aliphatic carbocycles. The molecule has 0 spiro atoms. The first-order chi connectivity index (χ1) is 6.18. The second kappa shape index (κ2) is 3.02. The van der Waals surface area contributed by atoms with Gasteiger partial charge in [-0.15, -0.1) is 0 Å². The van der Waals surface area contributed by atoms with Crippen molar-refractivity contribution in [2.75, 3.05) is 13.2 Å². The van der Waals surface area contributed by atoms with Crippen LogP contribution in [0.2, 0.25) is 0 Å². The highest BCUT2D eigenvalue weighted by Gasteiger charge is 2.58. The lowest BCUT2D eigenvalue weighted by Gasteiger charge is -2.14. The van der Waals surface area contributed by atoms with Crippen molar-refractivity contribution in [1.29, 1.82) is 0 Å². The molecule has 0 aromatic carbocycles. The molecule has 74 valence electrons. The maximum atomic E-state index is 5.74. The second-order valence-electron chi connectivity index (χ2n) is 4.81. The number of nitrogens with two attached hydrogens (primary N) is 1. The highest BCUT2D eigenvalue weighted by atomic mass is 16.5. The van der Waals surface area contributed by atoms with Crippen LogP contribution < -0.4 is 5.73 Å². The van der Waals surface area contributed by atoms with Crippen molar-refractivity contribution >= 4 is 0 Å². The van der Waals surface area contributed by atoms with Crippen molar-refractivity contribution in [3.63, 3.8) is 0 Å². The zero-order valence-electron chi connectivity index (χ0n) is 8.55. The number of ether oxygens (including phenoxy) is 1. The van der Waals surface area contributed by atoms with Gasteiger partial charge in [0.25, 0.3) is 0 Å². The summed E-state index contributed by atoms with van der Waals surface area (Å²) in [5.41, 5.74) is 7.65. The first-order valence-corrected chi connectivity index (χ1v) is 5.18. The minimum Gasteiger partial charge on any atom is -0.501 e. The van der Waals surface area contributed by atoms with Crippen LogP contribution in [0.15, 0.2) is 11.8 Å². The van der Waals surface area contributed by atoms with E-state index in [0.717, 1.165) is 13.2 Å². The third-order valence-electron chi connectivity index (χ3n) is 3.67. The van der Waals surface area contributed by atoms with Crippen molar-refractivity contribution < 1.29 is 4.74 Å². The molecule has 2 nitrogen and oxygen atoms in total. The Morgan fingerprint density at radius 1 is 1.62 bits per heavy atom. The van der Waals surface area contributed by atoms with Gasteiger partial charge < -0.3 is 10.5 Å². The van der Waals surface area contributed by atoms with E-state index >= 15 is 0 Å². The Morgan fingerprint density at radius 2 is 2.38 bits per heavy atom. The molecule has 1 fully saturated rings. The van der Waals surface area contributed by atoms with E-state index in [2.05, 4.69) is 13.8 Å². The van der Waals surface area contributed by atoms with Crippen molar-refractivity contribution in [1.82, 2.24) is 0 Å². The summed E-state index contributed by atoms with van der Waals surface area (Å²) in [4.78, 5) is 0. The minimum atomic E-state index is 0.418. The van der Waals surface area contributed by atoms with E-state index in [4.69, 9.17) is 10.5 Å². The molecule has 2 rings (SSSR count). The van der Waals surface area contributed by atoms with Crippen LogP contribution in [-0.4, -0.2) is 13.2 Å². The quantitative estimate of drug-likeness (QED) is 0.706. The molecule has 0 unspecified atom stereocenters. The van der Waals surface area contributed by atoms with Gasteiger partial charge in [0.2, 0.25) is 0 Å². The van der Waals surface area contributed by atoms with Crippen molar-refractivity contribution in [3.05, 3.63) is 11.8 Å². The van der Waals surface area contributed by atoms with Gasteiger partial charge in [0.1, 0.15) is 0 Å². The summed E-state index contributed by atoms with van der Waals surface area (Å²) >= 11 is 0. The number of hydrogen-bond acceptors (Lipinski definition) is 2. The second-order valence-corrected chi connectivity index (χ2v) is 4.81. The van der Waals surface area contributed by atoms with Crippen LogP contribution in [0.5, 0.6) is 0 Å². The smallest absolute Gasteiger partial charge is 0.0876 e. The molecule has 2 aliphatic rings. The third-order valence-corrected chi connectivity index (χ3v) is 3.67. The van der Waals surface area contributed by atoms with Gasteiger partial charge in [-0.05, 0) is 42.2 Å². The van der Waals surface area contributed by atoms with Crippen LogP contribution in [-0.2, 0) is 4.74 Å². The molecule has 1 heterocycles. The van der Waals surface area contributed by atoms with Gasteiger partial charge in [0.05, 0.1) is 12.9 Å². The first kappa shape index (κ1) is 9.07. The lowest BCUT2D eigenvalue weighted by atomic mass is 10.00. The molecule has 0 saturated heterocycles. The molecule has 13 heavy (non-hydrogen) atoms. The van der Waals surface area contributed by atoms with Crippen LogP contribution in [0.3, 0.4) is 0 Å². The molecule has 1 aliphatic heterocycles. The van der Waals surface area contributed by atoms with Gasteiger partial charge in [0, 0.05) is 0 Å². The fourth-order valence-electron chi connectivity index (χ4n) is 2.73. The monoisotopic (exact) mass is 181 g/mol. The van der Waals surface area contributed by atoms with Crippen molar-refractivity contribution in [3.8, 4) is 0 Å². The molecule has 0 bridgehead atoms. The molecular weight excluding hydrogens is 162 g/mol. The topological polar surface area (TPSA) is 35.2 Å². The Balaban J connectivity index is 2.06. The minimum absolute atomic E-state index is 0.418. The van der Waals surface area contributed by atoms with Crippen LogP contribution in [0.1, 0.15) is 26.7 Å². The lowest BCUT2D eigenvalue weighted by Crippen LogP contribution is -2.06. The molecule has 2 N–H and O–H groups in total. The summed E-state index contributed by atoms with van der Waals surface area (Å²) in [7, 11) is 0. The largest absolute Gasteiger partial charge is 0.501 e. The molecule has 0 aromatic rings. The lowest BCUT2D eigenvalue weighted by molar-refractivity contribution is 0.220. The summed E-state index contributed by atoms with van der Waals surface area (Å²) in [6, 6.07) is 0. The van der Waals surface area contributed by atoms with Crippen molar-refractivity contribution in [2.24, 2.45) is 23.0 Å². The van der Waals surface area contributed by atoms with Crippen molar-refractivity contribution in [2.45, 2.75) is 26.7 Å². The SMILES string of the molecule is CC1(C)[C@H](CN)[C@H]1C1=COCCC1. The third kappa shape index (κ3) is 1.37. The van der Waals surface area contributed by atoms with Crippen LogP contribution in [0.4, 0.5) is 0 Å². The van der Waals surface area contributed by atoms with E-state index in [9.17, 15) is 0 Å². The summed E-state index contributed by atoms with van der Waals surface area (Å²) in [5, 5.41) is 0. The fraction of sp³-hybridized carbons (Fsp3) is 0.818. The zero-order valence-corrected chi connectivity index (χ0v) is 8.55. The summed E-state index contributed by atoms with van der Waals surface area (Å²) in [6.45, 7) is 6.33. The summed E-state index contributed by atoms with van der Waals surface area (Å²) in [5.74, 6) is 1.37. The molecule has 1 saturated carbocycles. The molecule has 0 radical (unpaired) electrons. The van der Waals surface area contributed by atoms with E-state index in [0.29, 0.717) is 17.3 Å². The van der Waals surface area contributed by atoms with Gasteiger partial charge >= 0.3 is 0 Å². The number of hydrogen-bond donors (Lipinski definition) is 1. The maximum Gasteiger partial charge on any atom is 0.0876 e. The Kier molecular flexibility index (Phi) is 2.11. The van der Waals surface area contributed by atoms with Gasteiger partial charge in [-0.3, -0.25) is 0 Å². The number of rotatable bonds is 2. The van der Waals surface area contributed by atoms with Gasteiger partial charge in [-0.2, -0.15) is 0 Å². The molecule has 2 atom stereocenters. The predicted octanol–water partition coefficient (Wildman–Crippen LogP) is 1.91. The van der Waals surface area contributed by atoms with E-state index in [1.165, 1.54) is 18.4 Å². The first-order valence-electron chi connectivity index (χ1n) is 5.18. The van der Waals surface area contributed by atoms with E-state index in [1.807, 2.05) is 6.26 Å². The van der Waals surface area contributed by atoms with Crippen LogP contribution in [0, 0.1) is 17.3 Å². The van der Waals surface area contributed by atoms with E-state index < -0.39 is 0 Å². The van der Waals surface area contributed by atoms with E-state index in [-0.39, 0.29) is 0 Å². The predicted molar refractivity (Wildman–Crippen MR) is 53.1 cm³/mol.